The molecule has 0 aliphatic carbocycles. The Morgan fingerprint density at radius 1 is 1.26 bits per heavy atom. The normalized spacial score (nSPS) is 15.9. The highest BCUT2D eigenvalue weighted by molar-refractivity contribution is 5.98. The molecule has 1 aliphatic heterocycles. The summed E-state index contributed by atoms with van der Waals surface area (Å²) in [5.41, 5.74) is 0.614. The van der Waals surface area contributed by atoms with Gasteiger partial charge in [0.2, 0.25) is 5.91 Å². The SMILES string of the molecule is CCOCCCNC(=O)c1cccc(NC(=O)C2(COC)CCNCC2)c1. The third-order valence-electron chi connectivity index (χ3n) is 4.80. The summed E-state index contributed by atoms with van der Waals surface area (Å²) in [5.74, 6) is -0.212. The van der Waals surface area contributed by atoms with Gasteiger partial charge in [-0.3, -0.25) is 9.59 Å². The summed E-state index contributed by atoms with van der Waals surface area (Å²) in [7, 11) is 1.62. The van der Waals surface area contributed by atoms with Crippen molar-refractivity contribution in [3.05, 3.63) is 29.8 Å². The summed E-state index contributed by atoms with van der Waals surface area (Å²) < 4.78 is 10.6. The molecule has 0 atom stereocenters. The number of benzene rings is 1. The van der Waals surface area contributed by atoms with Crippen LogP contribution in [0.3, 0.4) is 0 Å². The van der Waals surface area contributed by atoms with Crippen LogP contribution in [0.5, 0.6) is 0 Å². The molecule has 0 saturated carbocycles. The molecule has 7 nitrogen and oxygen atoms in total. The lowest BCUT2D eigenvalue weighted by Gasteiger charge is -2.35. The van der Waals surface area contributed by atoms with Gasteiger partial charge in [-0.2, -0.15) is 0 Å². The second kappa shape index (κ2) is 11.0. The quantitative estimate of drug-likeness (QED) is 0.541. The largest absolute Gasteiger partial charge is 0.384 e. The van der Waals surface area contributed by atoms with Crippen molar-refractivity contribution >= 4 is 17.5 Å². The van der Waals surface area contributed by atoms with E-state index in [0.717, 1.165) is 32.4 Å². The molecule has 1 aliphatic rings. The molecule has 1 aromatic carbocycles. The summed E-state index contributed by atoms with van der Waals surface area (Å²) in [5, 5.41) is 9.11. The van der Waals surface area contributed by atoms with Crippen LogP contribution >= 0.6 is 0 Å². The van der Waals surface area contributed by atoms with Gasteiger partial charge in [0.05, 0.1) is 12.0 Å². The van der Waals surface area contributed by atoms with E-state index in [4.69, 9.17) is 9.47 Å². The zero-order valence-electron chi connectivity index (χ0n) is 16.3. The molecular formula is C20H31N3O4. The molecule has 1 heterocycles. The zero-order chi connectivity index (χ0) is 19.5. The van der Waals surface area contributed by atoms with Crippen LogP contribution in [0.15, 0.2) is 24.3 Å². The van der Waals surface area contributed by atoms with Crippen LogP contribution in [-0.2, 0) is 14.3 Å². The molecule has 0 aromatic heterocycles. The van der Waals surface area contributed by atoms with Crippen LogP contribution in [0.4, 0.5) is 5.69 Å². The minimum atomic E-state index is -0.530. The Labute approximate surface area is 161 Å². The molecule has 2 amide bonds. The van der Waals surface area contributed by atoms with Crippen molar-refractivity contribution < 1.29 is 19.1 Å². The van der Waals surface area contributed by atoms with E-state index >= 15 is 0 Å². The first-order chi connectivity index (χ1) is 13.1. The minimum absolute atomic E-state index is 0.0554. The number of anilines is 1. The Morgan fingerprint density at radius 2 is 2.04 bits per heavy atom. The van der Waals surface area contributed by atoms with Gasteiger partial charge in [0.1, 0.15) is 0 Å². The van der Waals surface area contributed by atoms with E-state index < -0.39 is 5.41 Å². The Bertz CT molecular complexity index is 609. The third kappa shape index (κ3) is 6.30. The Balaban J connectivity index is 1.95. The molecule has 150 valence electrons. The summed E-state index contributed by atoms with van der Waals surface area (Å²) in [6.07, 6.45) is 2.23. The monoisotopic (exact) mass is 377 g/mol. The van der Waals surface area contributed by atoms with Gasteiger partial charge >= 0.3 is 0 Å². The smallest absolute Gasteiger partial charge is 0.251 e. The average Bonchev–Trinajstić information content (AvgIpc) is 2.69. The van der Waals surface area contributed by atoms with E-state index in [9.17, 15) is 9.59 Å². The number of amides is 2. The number of nitrogens with one attached hydrogen (secondary N) is 3. The highest BCUT2D eigenvalue weighted by Crippen LogP contribution is 2.31. The molecule has 0 spiro atoms. The maximum Gasteiger partial charge on any atom is 0.251 e. The number of hydrogen-bond acceptors (Lipinski definition) is 5. The van der Waals surface area contributed by atoms with E-state index in [1.54, 1.807) is 31.4 Å². The average molecular weight is 377 g/mol. The topological polar surface area (TPSA) is 88.7 Å². The molecular weight excluding hydrogens is 346 g/mol. The Kier molecular flexibility index (Phi) is 8.71. The number of methoxy groups -OCH3 is 1. The fourth-order valence-corrected chi connectivity index (χ4v) is 3.24. The maximum atomic E-state index is 12.9. The first-order valence-electron chi connectivity index (χ1n) is 9.58. The molecule has 1 aromatic rings. The van der Waals surface area contributed by atoms with Crippen molar-refractivity contribution in [1.82, 2.24) is 10.6 Å². The fourth-order valence-electron chi connectivity index (χ4n) is 3.24. The number of carbonyl (C=O) groups is 2. The van der Waals surface area contributed by atoms with Gasteiger partial charge in [-0.25, -0.2) is 0 Å². The highest BCUT2D eigenvalue weighted by Gasteiger charge is 2.39. The van der Waals surface area contributed by atoms with Crippen molar-refractivity contribution in [2.75, 3.05) is 51.9 Å². The Hall–Kier alpha value is -1.96. The van der Waals surface area contributed by atoms with Gasteiger partial charge in [-0.1, -0.05) is 6.07 Å². The van der Waals surface area contributed by atoms with Gasteiger partial charge < -0.3 is 25.4 Å². The predicted octanol–water partition coefficient (Wildman–Crippen LogP) is 1.80. The summed E-state index contributed by atoms with van der Waals surface area (Å²) in [4.78, 5) is 25.2. The molecule has 1 saturated heterocycles. The van der Waals surface area contributed by atoms with Crippen molar-refractivity contribution in [2.45, 2.75) is 26.2 Å². The van der Waals surface area contributed by atoms with Crippen LogP contribution < -0.4 is 16.0 Å². The van der Waals surface area contributed by atoms with Crippen molar-refractivity contribution in [1.29, 1.82) is 0 Å². The molecule has 0 radical (unpaired) electrons. The van der Waals surface area contributed by atoms with Gasteiger partial charge in [0.25, 0.3) is 5.91 Å². The lowest BCUT2D eigenvalue weighted by atomic mass is 9.78. The molecule has 7 heteroatoms. The molecule has 1 fully saturated rings. The first-order valence-corrected chi connectivity index (χ1v) is 9.58. The Morgan fingerprint density at radius 3 is 2.74 bits per heavy atom. The van der Waals surface area contributed by atoms with Crippen molar-refractivity contribution in [2.24, 2.45) is 5.41 Å². The summed E-state index contributed by atoms with van der Waals surface area (Å²) >= 11 is 0. The summed E-state index contributed by atoms with van der Waals surface area (Å²) in [6.45, 7) is 5.78. The van der Waals surface area contributed by atoms with E-state index in [-0.39, 0.29) is 11.8 Å². The molecule has 2 rings (SSSR count). The van der Waals surface area contributed by atoms with Crippen LogP contribution in [0.2, 0.25) is 0 Å². The van der Waals surface area contributed by atoms with E-state index in [2.05, 4.69) is 16.0 Å². The standard InChI is InChI=1S/C20H31N3O4/c1-3-27-13-5-10-22-18(24)16-6-4-7-17(14-16)23-19(25)20(15-26-2)8-11-21-12-9-20/h4,6-7,14,21H,3,5,8-13,15H2,1-2H3,(H,22,24)(H,23,25). The highest BCUT2D eigenvalue weighted by atomic mass is 16.5. The predicted molar refractivity (Wildman–Crippen MR) is 105 cm³/mol. The van der Waals surface area contributed by atoms with Crippen molar-refractivity contribution in [3.63, 3.8) is 0 Å². The third-order valence-corrected chi connectivity index (χ3v) is 4.80. The van der Waals surface area contributed by atoms with Crippen LogP contribution in [-0.4, -0.2) is 58.4 Å². The maximum absolute atomic E-state index is 12.9. The van der Waals surface area contributed by atoms with Crippen LogP contribution in [0.1, 0.15) is 36.5 Å². The van der Waals surface area contributed by atoms with E-state index in [1.807, 2.05) is 6.92 Å². The molecule has 0 unspecified atom stereocenters. The molecule has 27 heavy (non-hydrogen) atoms. The van der Waals surface area contributed by atoms with Gasteiger partial charge in [0.15, 0.2) is 0 Å². The number of ether oxygens (including phenoxy) is 2. The second-order valence-electron chi connectivity index (χ2n) is 6.80. The molecule has 3 N–H and O–H groups in total. The van der Waals surface area contributed by atoms with Gasteiger partial charge in [-0.05, 0) is 57.5 Å². The summed E-state index contributed by atoms with van der Waals surface area (Å²) in [6, 6.07) is 7.02. The lowest BCUT2D eigenvalue weighted by molar-refractivity contribution is -0.130. The minimum Gasteiger partial charge on any atom is -0.384 e. The van der Waals surface area contributed by atoms with Gasteiger partial charge in [-0.15, -0.1) is 0 Å². The number of rotatable bonds is 10. The fraction of sp³-hybridized carbons (Fsp3) is 0.600. The van der Waals surface area contributed by atoms with Crippen LogP contribution in [0.25, 0.3) is 0 Å². The number of hydrogen-bond donors (Lipinski definition) is 3. The van der Waals surface area contributed by atoms with Gasteiger partial charge in [0, 0.05) is 38.1 Å². The van der Waals surface area contributed by atoms with E-state index in [1.165, 1.54) is 0 Å². The van der Waals surface area contributed by atoms with Crippen LogP contribution in [0, 0.1) is 5.41 Å². The number of carbonyl (C=O) groups excluding carboxylic acids is 2. The second-order valence-corrected chi connectivity index (χ2v) is 6.80. The zero-order valence-corrected chi connectivity index (χ0v) is 16.3. The molecule has 0 bridgehead atoms. The van der Waals surface area contributed by atoms with E-state index in [0.29, 0.717) is 37.6 Å². The first kappa shape index (κ1) is 21.3. The van der Waals surface area contributed by atoms with Crippen molar-refractivity contribution in [3.8, 4) is 0 Å². The lowest BCUT2D eigenvalue weighted by Crippen LogP contribution is -2.47. The number of piperidine rings is 1.